The lowest BCUT2D eigenvalue weighted by atomic mass is 9.93. The number of hydrogen-bond donors (Lipinski definition) is 4. The highest BCUT2D eigenvalue weighted by Gasteiger charge is 2.29. The second-order valence-corrected chi connectivity index (χ2v) is 6.88. The SMILES string of the molecule is COc1ccc(-c2cccc(C3N=C(NC#N)Nc4nc(N)c(C#N)c(N)c43)c2)cc1F. The summed E-state index contributed by atoms with van der Waals surface area (Å²) in [4.78, 5) is 8.77. The van der Waals surface area contributed by atoms with Gasteiger partial charge < -0.3 is 21.5 Å². The van der Waals surface area contributed by atoms with E-state index in [1.54, 1.807) is 24.4 Å². The van der Waals surface area contributed by atoms with Crippen molar-refractivity contribution in [3.63, 3.8) is 0 Å². The molecule has 0 aliphatic carbocycles. The van der Waals surface area contributed by atoms with Gasteiger partial charge in [0.05, 0.1) is 12.8 Å². The number of rotatable bonds is 3. The van der Waals surface area contributed by atoms with Crippen molar-refractivity contribution in [2.24, 2.45) is 4.99 Å². The maximum atomic E-state index is 14.2. The highest BCUT2D eigenvalue weighted by atomic mass is 19.1. The van der Waals surface area contributed by atoms with Crippen LogP contribution in [-0.2, 0) is 0 Å². The number of ether oxygens (including phenoxy) is 1. The highest BCUT2D eigenvalue weighted by Crippen LogP contribution is 2.41. The number of halogens is 1. The van der Waals surface area contributed by atoms with Crippen LogP contribution in [0.25, 0.3) is 11.1 Å². The van der Waals surface area contributed by atoms with Crippen molar-refractivity contribution >= 4 is 23.3 Å². The van der Waals surface area contributed by atoms with Crippen LogP contribution in [0.1, 0.15) is 22.7 Å². The number of methoxy groups -OCH3 is 1. The predicted octanol–water partition coefficient (Wildman–Crippen LogP) is 2.87. The van der Waals surface area contributed by atoms with Crippen molar-refractivity contribution in [1.82, 2.24) is 10.3 Å². The Morgan fingerprint density at radius 2 is 1.94 bits per heavy atom. The molecule has 9 nitrogen and oxygen atoms in total. The van der Waals surface area contributed by atoms with E-state index in [4.69, 9.17) is 21.5 Å². The van der Waals surface area contributed by atoms with Crippen LogP contribution in [0.15, 0.2) is 47.5 Å². The first kappa shape index (κ1) is 20.4. The average Bonchev–Trinajstić information content (AvgIpc) is 2.79. The van der Waals surface area contributed by atoms with Crippen LogP contribution in [0.2, 0.25) is 0 Å². The molecule has 0 saturated heterocycles. The van der Waals surface area contributed by atoms with Gasteiger partial charge in [-0.2, -0.15) is 10.5 Å². The average molecular weight is 428 g/mol. The van der Waals surface area contributed by atoms with Crippen molar-refractivity contribution in [2.75, 3.05) is 23.9 Å². The molecular weight excluding hydrogens is 411 g/mol. The monoisotopic (exact) mass is 428 g/mol. The van der Waals surface area contributed by atoms with E-state index >= 15 is 0 Å². The number of hydrogen-bond acceptors (Lipinski definition) is 9. The molecule has 1 aliphatic rings. The molecule has 0 radical (unpaired) electrons. The van der Waals surface area contributed by atoms with Gasteiger partial charge in [0, 0.05) is 5.56 Å². The van der Waals surface area contributed by atoms with Crippen LogP contribution < -0.4 is 26.8 Å². The molecule has 0 amide bonds. The Morgan fingerprint density at radius 3 is 2.62 bits per heavy atom. The van der Waals surface area contributed by atoms with Crippen molar-refractivity contribution < 1.29 is 9.13 Å². The number of nitrogens with zero attached hydrogens (tertiary/aromatic N) is 4. The standard InChI is InChI=1S/C22H17FN8O/c1-32-16-6-5-12(8-15(16)23)11-3-2-4-13(7-11)19-17-18(26)14(9-24)20(27)30-21(17)31-22(29-19)28-10-25/h2-8,19H,1H3,(H6,26,27,28,29,30,31). The van der Waals surface area contributed by atoms with Crippen molar-refractivity contribution in [3.05, 3.63) is 65.0 Å². The Kier molecular flexibility index (Phi) is 5.19. The van der Waals surface area contributed by atoms with E-state index < -0.39 is 11.9 Å². The molecule has 0 saturated carbocycles. The number of pyridine rings is 1. The third-order valence-corrected chi connectivity index (χ3v) is 5.05. The number of aromatic nitrogens is 1. The van der Waals surface area contributed by atoms with Crippen molar-refractivity contribution in [3.8, 4) is 29.1 Å². The topological polar surface area (TPSA) is 158 Å². The molecule has 0 bridgehead atoms. The van der Waals surface area contributed by atoms with E-state index in [1.807, 2.05) is 24.3 Å². The van der Waals surface area contributed by atoms with Gasteiger partial charge in [0.1, 0.15) is 29.3 Å². The first-order chi connectivity index (χ1) is 15.5. The van der Waals surface area contributed by atoms with Crippen LogP contribution >= 0.6 is 0 Å². The smallest absolute Gasteiger partial charge is 0.211 e. The second kappa shape index (κ2) is 8.13. The zero-order chi connectivity index (χ0) is 22.8. The fraction of sp³-hybridized carbons (Fsp3) is 0.0909. The van der Waals surface area contributed by atoms with Gasteiger partial charge in [-0.3, -0.25) is 5.32 Å². The normalized spacial score (nSPS) is 14.2. The molecule has 3 aromatic rings. The quantitative estimate of drug-likeness (QED) is 0.366. The summed E-state index contributed by atoms with van der Waals surface area (Å²) in [5.74, 6) is 0.0772. The summed E-state index contributed by atoms with van der Waals surface area (Å²) in [6.07, 6.45) is 1.81. The number of nitriles is 2. The van der Waals surface area contributed by atoms with Crippen molar-refractivity contribution in [1.29, 1.82) is 10.5 Å². The minimum atomic E-state index is -0.689. The predicted molar refractivity (Wildman–Crippen MR) is 118 cm³/mol. The van der Waals surface area contributed by atoms with Crippen LogP contribution in [0.4, 0.5) is 21.7 Å². The van der Waals surface area contributed by atoms with Gasteiger partial charge in [-0.25, -0.2) is 14.4 Å². The van der Waals surface area contributed by atoms with E-state index in [9.17, 15) is 9.65 Å². The number of nitrogens with one attached hydrogen (secondary N) is 2. The molecule has 1 atom stereocenters. The summed E-state index contributed by atoms with van der Waals surface area (Å²) in [5.41, 5.74) is 14.9. The number of aliphatic imine (C=N–C) groups is 1. The molecule has 0 fully saturated rings. The first-order valence-electron chi connectivity index (χ1n) is 9.39. The van der Waals surface area contributed by atoms with Gasteiger partial charge >= 0.3 is 0 Å². The van der Waals surface area contributed by atoms with Crippen molar-refractivity contribution in [2.45, 2.75) is 6.04 Å². The number of guanidine groups is 1. The van der Waals surface area contributed by atoms with E-state index in [1.165, 1.54) is 13.2 Å². The van der Waals surface area contributed by atoms with Gasteiger partial charge in [-0.15, -0.1) is 0 Å². The Labute approximate surface area is 182 Å². The van der Waals surface area contributed by atoms with E-state index in [0.717, 1.165) is 5.56 Å². The molecule has 32 heavy (non-hydrogen) atoms. The summed E-state index contributed by atoms with van der Waals surface area (Å²) in [5, 5.41) is 23.8. The molecule has 0 spiro atoms. The maximum Gasteiger partial charge on any atom is 0.211 e. The Balaban J connectivity index is 1.86. The minimum Gasteiger partial charge on any atom is -0.494 e. The molecule has 6 N–H and O–H groups in total. The number of fused-ring (bicyclic) bond motifs is 1. The molecule has 1 aromatic heterocycles. The number of nitrogen functional groups attached to an aromatic ring is 2. The number of anilines is 3. The zero-order valence-electron chi connectivity index (χ0n) is 16.8. The largest absolute Gasteiger partial charge is 0.494 e. The van der Waals surface area contributed by atoms with Gasteiger partial charge in [-0.05, 0) is 34.9 Å². The van der Waals surface area contributed by atoms with Gasteiger partial charge in [-0.1, -0.05) is 24.3 Å². The lowest BCUT2D eigenvalue weighted by Crippen LogP contribution is -2.32. The minimum absolute atomic E-state index is 0.0318. The van der Waals surface area contributed by atoms with E-state index in [0.29, 0.717) is 16.7 Å². The summed E-state index contributed by atoms with van der Waals surface area (Å²) in [6, 6.07) is 13.2. The fourth-order valence-corrected chi connectivity index (χ4v) is 3.56. The molecule has 4 rings (SSSR count). The van der Waals surface area contributed by atoms with Gasteiger partial charge in [0.15, 0.2) is 17.8 Å². The van der Waals surface area contributed by atoms with E-state index in [2.05, 4.69) is 20.6 Å². The highest BCUT2D eigenvalue weighted by molar-refractivity contribution is 5.98. The Morgan fingerprint density at radius 1 is 1.16 bits per heavy atom. The zero-order valence-corrected chi connectivity index (χ0v) is 16.8. The van der Waals surface area contributed by atoms with Crippen LogP contribution in [0.3, 0.4) is 0 Å². The second-order valence-electron chi connectivity index (χ2n) is 6.88. The third-order valence-electron chi connectivity index (χ3n) is 5.05. The molecule has 1 aliphatic heterocycles. The molecule has 2 heterocycles. The lowest BCUT2D eigenvalue weighted by Gasteiger charge is -2.26. The summed E-state index contributed by atoms with van der Waals surface area (Å²) in [6.45, 7) is 0. The number of benzene rings is 2. The van der Waals surface area contributed by atoms with Crippen LogP contribution in [0.5, 0.6) is 5.75 Å². The maximum absolute atomic E-state index is 14.2. The summed E-state index contributed by atoms with van der Waals surface area (Å²) in [7, 11) is 1.40. The summed E-state index contributed by atoms with van der Waals surface area (Å²) >= 11 is 0. The molecule has 158 valence electrons. The van der Waals surface area contributed by atoms with Crippen LogP contribution in [-0.4, -0.2) is 18.1 Å². The molecular formula is C22H17FN8O. The summed E-state index contributed by atoms with van der Waals surface area (Å²) < 4.78 is 19.2. The van der Waals surface area contributed by atoms with Gasteiger partial charge in [0.2, 0.25) is 5.96 Å². The first-order valence-corrected chi connectivity index (χ1v) is 9.39. The Hall–Kier alpha value is -4.83. The van der Waals surface area contributed by atoms with E-state index in [-0.39, 0.29) is 34.6 Å². The van der Waals surface area contributed by atoms with Crippen LogP contribution in [0, 0.1) is 28.6 Å². The molecule has 1 unspecified atom stereocenters. The molecule has 10 heteroatoms. The number of nitrogens with two attached hydrogens (primary N) is 2. The molecule has 2 aromatic carbocycles. The fourth-order valence-electron chi connectivity index (χ4n) is 3.56. The Bertz CT molecular complexity index is 1340. The third kappa shape index (κ3) is 3.46. The van der Waals surface area contributed by atoms with Gasteiger partial charge in [0.25, 0.3) is 0 Å². The lowest BCUT2D eigenvalue weighted by molar-refractivity contribution is 0.386.